The average molecular weight is 879 g/mol. The van der Waals surface area contributed by atoms with E-state index in [1.54, 1.807) is 0 Å². The summed E-state index contributed by atoms with van der Waals surface area (Å²) in [5, 5.41) is 1.17. The maximum Gasteiger partial charge on any atom is 0.0595 e. The monoisotopic (exact) mass is 879 g/mol. The van der Waals surface area contributed by atoms with E-state index in [9.17, 15) is 0 Å². The zero-order valence-electron chi connectivity index (χ0n) is 31.6. The van der Waals surface area contributed by atoms with Crippen LogP contribution in [0.1, 0.15) is 98.6 Å². The van der Waals surface area contributed by atoms with Crippen molar-refractivity contribution >= 4 is 10.9 Å². The van der Waals surface area contributed by atoms with Crippen LogP contribution in [0, 0.1) is 6.07 Å². The molecule has 1 radical (unpaired) electrons. The van der Waals surface area contributed by atoms with E-state index < -0.39 is 0 Å². The first-order valence-electron chi connectivity index (χ1n) is 20.1. The van der Waals surface area contributed by atoms with Crippen molar-refractivity contribution in [2.24, 2.45) is 0 Å². The molecule has 0 N–H and O–H groups in total. The van der Waals surface area contributed by atoms with Crippen molar-refractivity contribution < 1.29 is 20.1 Å². The maximum absolute atomic E-state index is 5.28. The Morgan fingerprint density at radius 3 is 1.67 bits per heavy atom. The quantitative estimate of drug-likeness (QED) is 0.0880. The summed E-state index contributed by atoms with van der Waals surface area (Å²) < 4.78 is 0. The van der Waals surface area contributed by atoms with E-state index in [1.165, 1.54) is 124 Å². The van der Waals surface area contributed by atoms with E-state index in [2.05, 4.69) is 153 Å². The van der Waals surface area contributed by atoms with E-state index in [0.29, 0.717) is 0 Å². The van der Waals surface area contributed by atoms with Gasteiger partial charge in [0, 0.05) is 20.1 Å². The molecule has 0 unspecified atom stereocenters. The Labute approximate surface area is 335 Å². The van der Waals surface area contributed by atoms with Crippen molar-refractivity contribution in [3.05, 3.63) is 173 Å². The van der Waals surface area contributed by atoms with Gasteiger partial charge in [-0.2, -0.15) is 0 Å². The number of aryl methyl sites for hydroxylation is 2. The van der Waals surface area contributed by atoms with Gasteiger partial charge in [0.25, 0.3) is 0 Å². The first-order valence-corrected chi connectivity index (χ1v) is 20.1. The molecule has 271 valence electrons. The third kappa shape index (κ3) is 6.28. The predicted octanol–water partition coefficient (Wildman–Crippen LogP) is 14.0. The van der Waals surface area contributed by atoms with Gasteiger partial charge in [0.15, 0.2) is 0 Å². The van der Waals surface area contributed by atoms with Crippen molar-refractivity contribution in [1.82, 2.24) is 4.98 Å². The second-order valence-electron chi connectivity index (χ2n) is 15.3. The predicted molar refractivity (Wildman–Crippen MR) is 223 cm³/mol. The molecule has 1 aromatic heterocycles. The molecule has 1 nitrogen and oxygen atoms in total. The van der Waals surface area contributed by atoms with Gasteiger partial charge < -0.3 is 0 Å². The first kappa shape index (κ1) is 36.4. The number of hydrogen-bond acceptors (Lipinski definition) is 1. The summed E-state index contributed by atoms with van der Waals surface area (Å²) in [5.41, 5.74) is 18.8. The molecule has 2 aliphatic carbocycles. The summed E-state index contributed by atoms with van der Waals surface area (Å²) in [6, 6.07) is 53.9. The number of rotatable bonds is 12. The summed E-state index contributed by atoms with van der Waals surface area (Å²) in [6.07, 6.45) is 12.7. The van der Waals surface area contributed by atoms with E-state index in [1.807, 2.05) is 0 Å². The zero-order chi connectivity index (χ0) is 35.8. The summed E-state index contributed by atoms with van der Waals surface area (Å²) >= 11 is 0. The number of fused-ring (bicyclic) bond motifs is 11. The Morgan fingerprint density at radius 1 is 0.500 bits per heavy atom. The average Bonchev–Trinajstić information content (AvgIpc) is 3.68. The van der Waals surface area contributed by atoms with Gasteiger partial charge in [0.05, 0.1) is 10.9 Å². The molecule has 54 heavy (non-hydrogen) atoms. The van der Waals surface area contributed by atoms with E-state index in [-0.39, 0.29) is 25.5 Å². The molecular weight excluding hydrogens is 831 g/mol. The zero-order valence-corrected chi connectivity index (χ0v) is 33.9. The second kappa shape index (κ2) is 15.6. The van der Waals surface area contributed by atoms with Crippen molar-refractivity contribution in [3.8, 4) is 44.6 Å². The van der Waals surface area contributed by atoms with Crippen LogP contribution >= 0.6 is 0 Å². The largest absolute Gasteiger partial charge is 0.296 e. The molecule has 7 aromatic rings. The van der Waals surface area contributed by atoms with Crippen LogP contribution in [0.5, 0.6) is 0 Å². The fraction of sp³-hybridized carbons (Fsp3) is 0.250. The number of pyridine rings is 1. The minimum atomic E-state index is -0.367. The van der Waals surface area contributed by atoms with Gasteiger partial charge in [0.1, 0.15) is 0 Å². The van der Waals surface area contributed by atoms with Gasteiger partial charge >= 0.3 is 0 Å². The van der Waals surface area contributed by atoms with Crippen LogP contribution in [-0.2, 0) is 38.4 Å². The Morgan fingerprint density at radius 2 is 1.07 bits per heavy atom. The van der Waals surface area contributed by atoms with Crippen molar-refractivity contribution in [2.75, 3.05) is 0 Å². The fourth-order valence-electron chi connectivity index (χ4n) is 9.36. The standard InChI is InChI=1S/C52H48N.Ir/c1-3-5-7-9-17-36-31-37(18-10-8-6-4-2)33-41(32-36)38-26-29-50-39(34-38)27-30-51(53-50)40-25-28-45-44-21-13-16-24-48(44)52(49(45)35-40)46-22-14-11-19-42(46)43-20-12-15-23-47(43)52;/h11-16,19-24,26-35H,3-10,17-18H2,1-2H3;/q-1;. The maximum atomic E-state index is 5.28. The third-order valence-corrected chi connectivity index (χ3v) is 11.9. The Bertz CT molecular complexity index is 2360. The number of unbranched alkanes of at least 4 members (excludes halogenated alkanes) is 6. The molecular formula is C52H48IrN-. The first-order chi connectivity index (χ1) is 26.2. The molecule has 9 rings (SSSR count). The van der Waals surface area contributed by atoms with E-state index in [4.69, 9.17) is 4.98 Å². The van der Waals surface area contributed by atoms with Gasteiger partial charge in [-0.05, 0) is 99.0 Å². The van der Waals surface area contributed by atoms with E-state index >= 15 is 0 Å². The van der Waals surface area contributed by atoms with Crippen LogP contribution in [0.3, 0.4) is 0 Å². The number of nitrogens with zero attached hydrogens (tertiary/aromatic N) is 1. The molecule has 1 spiro atoms. The number of benzene rings is 6. The minimum Gasteiger partial charge on any atom is -0.296 e. The summed E-state index contributed by atoms with van der Waals surface area (Å²) in [5.74, 6) is 0. The number of aromatic nitrogens is 1. The van der Waals surface area contributed by atoms with Gasteiger partial charge in [-0.25, -0.2) is 0 Å². The molecule has 0 bridgehead atoms. The van der Waals surface area contributed by atoms with Crippen LogP contribution in [0.2, 0.25) is 0 Å². The Balaban J connectivity index is 0.00000413. The third-order valence-electron chi connectivity index (χ3n) is 11.9. The molecule has 1 heterocycles. The molecule has 0 aliphatic heterocycles. The molecule has 0 saturated heterocycles. The van der Waals surface area contributed by atoms with Crippen molar-refractivity contribution in [2.45, 2.75) is 83.5 Å². The van der Waals surface area contributed by atoms with Crippen LogP contribution in [0.25, 0.3) is 55.5 Å². The molecule has 2 heteroatoms. The van der Waals surface area contributed by atoms with Crippen LogP contribution in [0.4, 0.5) is 0 Å². The van der Waals surface area contributed by atoms with Gasteiger partial charge in [-0.1, -0.05) is 173 Å². The SMILES string of the molecule is CCCCCCc1cc(CCCCCC)cc(-c2ccc3nc(-c4[c-]cc5c(c4)C4(c6ccccc6-c6ccccc64)c4ccccc4-5)ccc3c2)c1.[Ir]. The van der Waals surface area contributed by atoms with E-state index in [0.717, 1.165) is 29.6 Å². The summed E-state index contributed by atoms with van der Waals surface area (Å²) in [4.78, 5) is 5.28. The van der Waals surface area contributed by atoms with Gasteiger partial charge in [0.2, 0.25) is 0 Å². The molecule has 0 atom stereocenters. The Kier molecular flexibility index (Phi) is 10.5. The number of hydrogen-bond donors (Lipinski definition) is 0. The molecule has 2 aliphatic rings. The topological polar surface area (TPSA) is 12.9 Å². The van der Waals surface area contributed by atoms with Crippen LogP contribution in [0.15, 0.2) is 133 Å². The molecule has 0 fully saturated rings. The smallest absolute Gasteiger partial charge is 0.0595 e. The second-order valence-corrected chi connectivity index (χ2v) is 15.3. The molecule has 0 saturated carbocycles. The van der Waals surface area contributed by atoms with Gasteiger partial charge in [-0.15, -0.1) is 29.3 Å². The molecule has 6 aromatic carbocycles. The molecule has 0 amide bonds. The fourth-order valence-corrected chi connectivity index (χ4v) is 9.36. The minimum absolute atomic E-state index is 0. The van der Waals surface area contributed by atoms with Gasteiger partial charge in [-0.3, -0.25) is 4.98 Å². The van der Waals surface area contributed by atoms with Crippen molar-refractivity contribution in [3.63, 3.8) is 0 Å². The summed E-state index contributed by atoms with van der Waals surface area (Å²) in [7, 11) is 0. The van der Waals surface area contributed by atoms with Crippen molar-refractivity contribution in [1.29, 1.82) is 0 Å². The van der Waals surface area contributed by atoms with Crippen LogP contribution in [-0.4, -0.2) is 4.98 Å². The normalized spacial score (nSPS) is 13.0. The Hall–Kier alpha value is -4.62. The van der Waals surface area contributed by atoms with Crippen LogP contribution < -0.4 is 0 Å². The summed E-state index contributed by atoms with van der Waals surface area (Å²) in [6.45, 7) is 4.58.